The standard InChI is InChI=1S/4C15H29NO2.Zr/c4*1-4-7-10-14(17)13-15(18)16(11-8-5-2)12-9-6-3;/h4*4-13H2,1-3H3;/q;;;;+4. The molecule has 0 atom stereocenters. The van der Waals surface area contributed by atoms with Crippen LogP contribution in [0.2, 0.25) is 0 Å². The van der Waals surface area contributed by atoms with E-state index in [-0.39, 0.29) is 98.6 Å². The van der Waals surface area contributed by atoms with E-state index >= 15 is 0 Å². The summed E-state index contributed by atoms with van der Waals surface area (Å²) < 4.78 is 0. The molecule has 0 N–H and O–H groups in total. The van der Waals surface area contributed by atoms with Gasteiger partial charge in [0.15, 0.2) is 0 Å². The number of carbonyl (C=O) groups is 8. The molecule has 0 aliphatic carbocycles. The molecule has 0 spiro atoms. The van der Waals surface area contributed by atoms with Crippen molar-refractivity contribution in [3.8, 4) is 0 Å². The Bertz CT molecular complexity index is 1130. The smallest absolute Gasteiger partial charge is 0.342 e. The number of nitrogens with zero attached hydrogens (tertiary/aromatic N) is 4. The summed E-state index contributed by atoms with van der Waals surface area (Å²) in [6.07, 6.45) is 27.1. The van der Waals surface area contributed by atoms with E-state index in [9.17, 15) is 38.4 Å². The minimum Gasteiger partial charge on any atom is -0.342 e. The topological polar surface area (TPSA) is 150 Å². The number of hydrogen-bond donors (Lipinski definition) is 0. The average Bonchev–Trinajstić information content (AvgIpc) is 3.36. The summed E-state index contributed by atoms with van der Waals surface area (Å²) in [7, 11) is 0. The summed E-state index contributed by atoms with van der Waals surface area (Å²) in [6.45, 7) is 31.6. The number of unbranched alkanes of at least 4 members (excludes halogenated alkanes) is 12. The van der Waals surface area contributed by atoms with Crippen molar-refractivity contribution in [2.75, 3.05) is 52.4 Å². The molecule has 0 bridgehead atoms. The van der Waals surface area contributed by atoms with Gasteiger partial charge in [-0.15, -0.1) is 0 Å². The van der Waals surface area contributed by atoms with Crippen LogP contribution in [0, 0.1) is 0 Å². The Morgan fingerprint density at radius 2 is 0.342 bits per heavy atom. The van der Waals surface area contributed by atoms with Crippen LogP contribution in [-0.4, -0.2) is 119 Å². The van der Waals surface area contributed by atoms with Crippen molar-refractivity contribution < 1.29 is 64.6 Å². The number of amides is 4. The molecule has 0 aliphatic heterocycles. The number of hydrogen-bond acceptors (Lipinski definition) is 8. The molecule has 0 saturated heterocycles. The third-order valence-electron chi connectivity index (χ3n) is 12.3. The van der Waals surface area contributed by atoms with Crippen LogP contribution in [0.3, 0.4) is 0 Å². The van der Waals surface area contributed by atoms with Crippen LogP contribution < -0.4 is 0 Å². The fourth-order valence-electron chi connectivity index (χ4n) is 7.21. The third kappa shape index (κ3) is 52.7. The molecule has 0 fully saturated rings. The van der Waals surface area contributed by atoms with Crippen molar-refractivity contribution >= 4 is 46.8 Å². The number of rotatable bonds is 44. The molecule has 0 aromatic rings. The summed E-state index contributed by atoms with van der Waals surface area (Å²) >= 11 is 0. The quantitative estimate of drug-likeness (QED) is 0.0547. The molecule has 13 heteroatoms. The van der Waals surface area contributed by atoms with Gasteiger partial charge in [-0.25, -0.2) is 0 Å². The predicted octanol–water partition coefficient (Wildman–Crippen LogP) is 14.3. The largest absolute Gasteiger partial charge is 4.00 e. The summed E-state index contributed by atoms with van der Waals surface area (Å²) in [5, 5.41) is 0. The molecule has 0 heterocycles. The fraction of sp³-hybridized carbons (Fsp3) is 0.867. The van der Waals surface area contributed by atoms with E-state index in [2.05, 4.69) is 83.1 Å². The molecule has 0 aromatic carbocycles. The van der Waals surface area contributed by atoms with E-state index in [1.165, 1.54) is 0 Å². The molecule has 12 nitrogen and oxygen atoms in total. The van der Waals surface area contributed by atoms with Gasteiger partial charge in [-0.1, -0.05) is 160 Å². The van der Waals surface area contributed by atoms with Gasteiger partial charge in [-0.3, -0.25) is 38.4 Å². The van der Waals surface area contributed by atoms with Crippen LogP contribution in [-0.2, 0) is 64.6 Å². The zero-order valence-corrected chi connectivity index (χ0v) is 52.3. The van der Waals surface area contributed by atoms with Gasteiger partial charge >= 0.3 is 26.2 Å². The maximum Gasteiger partial charge on any atom is 4.00 e. The Kier molecular flexibility index (Phi) is 65.5. The molecule has 0 unspecified atom stereocenters. The number of ketones is 4. The normalized spacial score (nSPS) is 10.2. The maximum atomic E-state index is 12.0. The van der Waals surface area contributed by atoms with Crippen LogP contribution in [0.25, 0.3) is 0 Å². The first kappa shape index (κ1) is 79.3. The van der Waals surface area contributed by atoms with E-state index in [1.54, 1.807) is 0 Å². The SMILES string of the molecule is CCCCC(=O)CC(=O)N(CCCC)CCCC.CCCCC(=O)CC(=O)N(CCCC)CCCC.CCCCC(=O)CC(=O)N(CCCC)CCCC.CCCCC(=O)CC(=O)N(CCCC)CCCC.[Zr+4]. The first-order chi connectivity index (χ1) is 34.6. The summed E-state index contributed by atoms with van der Waals surface area (Å²) in [5.74, 6) is 0.492. The molecule has 424 valence electrons. The van der Waals surface area contributed by atoms with Crippen LogP contribution in [0.15, 0.2) is 0 Å². The van der Waals surface area contributed by atoms with Gasteiger partial charge in [0, 0.05) is 78.0 Å². The van der Waals surface area contributed by atoms with Crippen LogP contribution in [0.1, 0.15) is 289 Å². The van der Waals surface area contributed by atoms with Gasteiger partial charge in [0.05, 0.1) is 25.7 Å². The molecule has 4 amide bonds. The summed E-state index contributed by atoms with van der Waals surface area (Å²) in [4.78, 5) is 102. The van der Waals surface area contributed by atoms with Gasteiger partial charge < -0.3 is 19.6 Å². The zero-order chi connectivity index (χ0) is 55.2. The minimum atomic E-state index is 0. The van der Waals surface area contributed by atoms with Crippen molar-refractivity contribution in [1.29, 1.82) is 0 Å². The minimum absolute atomic E-state index is 0. The summed E-state index contributed by atoms with van der Waals surface area (Å²) in [5.41, 5.74) is 0. The van der Waals surface area contributed by atoms with Gasteiger partial charge in [0.25, 0.3) is 0 Å². The molecular weight excluding hydrogens is 996 g/mol. The van der Waals surface area contributed by atoms with Gasteiger partial charge in [-0.2, -0.15) is 0 Å². The van der Waals surface area contributed by atoms with Crippen molar-refractivity contribution in [3.05, 3.63) is 0 Å². The first-order valence-corrected chi connectivity index (χ1v) is 29.8. The maximum absolute atomic E-state index is 12.0. The average molecular weight is 1110 g/mol. The second-order valence-corrected chi connectivity index (χ2v) is 19.6. The van der Waals surface area contributed by atoms with E-state index in [0.29, 0.717) is 25.7 Å². The van der Waals surface area contributed by atoms with Crippen molar-refractivity contribution in [3.63, 3.8) is 0 Å². The van der Waals surface area contributed by atoms with E-state index < -0.39 is 0 Å². The molecule has 0 radical (unpaired) electrons. The monoisotopic (exact) mass is 1110 g/mol. The second-order valence-electron chi connectivity index (χ2n) is 19.6. The van der Waals surface area contributed by atoms with Crippen LogP contribution in [0.4, 0.5) is 0 Å². The van der Waals surface area contributed by atoms with Gasteiger partial charge in [-0.05, 0) is 77.0 Å². The molecule has 0 saturated carbocycles. The van der Waals surface area contributed by atoms with E-state index in [0.717, 1.165) is 206 Å². The molecular formula is C60H116N4O8Zr+4. The van der Waals surface area contributed by atoms with Crippen molar-refractivity contribution in [1.82, 2.24) is 19.6 Å². The Balaban J connectivity index is -0.000000280. The summed E-state index contributed by atoms with van der Waals surface area (Å²) in [6, 6.07) is 0. The van der Waals surface area contributed by atoms with Crippen molar-refractivity contribution in [2.45, 2.75) is 289 Å². The molecule has 0 rings (SSSR count). The first-order valence-electron chi connectivity index (χ1n) is 29.8. The third-order valence-corrected chi connectivity index (χ3v) is 12.3. The zero-order valence-electron chi connectivity index (χ0n) is 49.8. The van der Waals surface area contributed by atoms with Gasteiger partial charge in [0.2, 0.25) is 23.6 Å². The molecule has 0 aliphatic rings. The second kappa shape index (κ2) is 60.3. The Morgan fingerprint density at radius 1 is 0.219 bits per heavy atom. The van der Waals surface area contributed by atoms with Crippen LogP contribution in [0.5, 0.6) is 0 Å². The number of Topliss-reactive ketones (excluding diaryl/α,β-unsaturated/α-hetero) is 4. The number of carbonyl (C=O) groups excluding carboxylic acids is 8. The van der Waals surface area contributed by atoms with Crippen LogP contribution >= 0.6 is 0 Å². The Morgan fingerprint density at radius 3 is 0.452 bits per heavy atom. The fourth-order valence-corrected chi connectivity index (χ4v) is 7.21. The van der Waals surface area contributed by atoms with Gasteiger partial charge in [0.1, 0.15) is 23.1 Å². The Labute approximate surface area is 469 Å². The Hall–Kier alpha value is -2.56. The predicted molar refractivity (Wildman–Crippen MR) is 302 cm³/mol. The molecule has 73 heavy (non-hydrogen) atoms. The van der Waals surface area contributed by atoms with E-state index in [1.807, 2.05) is 19.6 Å². The van der Waals surface area contributed by atoms with E-state index in [4.69, 9.17) is 0 Å². The molecule has 0 aromatic heterocycles. The van der Waals surface area contributed by atoms with Crippen molar-refractivity contribution in [2.24, 2.45) is 0 Å².